The molecule has 260 valence electrons. The lowest BCUT2D eigenvalue weighted by molar-refractivity contribution is -0.294. The van der Waals surface area contributed by atoms with Crippen molar-refractivity contribution in [2.75, 3.05) is 4.90 Å². The van der Waals surface area contributed by atoms with E-state index in [0.29, 0.717) is 9.78 Å². The Bertz CT molecular complexity index is 2370. The number of allylic oxidation sites excluding steroid dienone is 3. The Kier molecular flexibility index (Phi) is 9.28. The first-order valence-corrected chi connectivity index (χ1v) is 18.9. The molecule has 0 fully saturated rings. The lowest BCUT2D eigenvalue weighted by Gasteiger charge is -2.27. The van der Waals surface area contributed by atoms with Crippen molar-refractivity contribution in [3.63, 3.8) is 0 Å². The first-order valence-electron chi connectivity index (χ1n) is 17.3. The minimum absolute atomic E-state index is 0.0620. The van der Waals surface area contributed by atoms with Crippen molar-refractivity contribution in [3.05, 3.63) is 163 Å². The predicted molar refractivity (Wildman–Crippen MR) is 217 cm³/mol. The van der Waals surface area contributed by atoms with Crippen LogP contribution in [-0.2, 0) is 9.59 Å². The number of anilines is 3. The quantitative estimate of drug-likeness (QED) is 0.0993. The zero-order chi connectivity index (χ0) is 37.0. The molecule has 5 aromatic rings. The van der Waals surface area contributed by atoms with Crippen molar-refractivity contribution in [1.29, 1.82) is 0 Å². The molecule has 5 nitrogen and oxygen atoms in total. The molecule has 1 aliphatic carbocycles. The third-order valence-corrected chi connectivity index (χ3v) is 11.8. The molecule has 1 aromatic heterocycles. The smallest absolute Gasteiger partial charge is 0.251 e. The van der Waals surface area contributed by atoms with E-state index in [2.05, 4.69) is 138 Å². The Morgan fingerprint density at radius 1 is 0.558 bits per heavy atom. The highest BCUT2D eigenvalue weighted by Gasteiger charge is 2.38. The summed E-state index contributed by atoms with van der Waals surface area (Å²) in [5.41, 5.74) is 13.0. The molecule has 0 unspecified atom stereocenters. The molecule has 7 rings (SSSR count). The largest absolute Gasteiger partial charge is 0.871 e. The lowest BCUT2D eigenvalue weighted by Crippen LogP contribution is -2.14. The van der Waals surface area contributed by atoms with Crippen molar-refractivity contribution in [1.82, 2.24) is 4.58 Å². The van der Waals surface area contributed by atoms with Gasteiger partial charge < -0.3 is 10.0 Å². The van der Waals surface area contributed by atoms with E-state index >= 15 is 0 Å². The van der Waals surface area contributed by atoms with Crippen LogP contribution in [0.15, 0.2) is 113 Å². The van der Waals surface area contributed by atoms with Crippen LogP contribution >= 0.6 is 23.1 Å². The van der Waals surface area contributed by atoms with E-state index in [1.165, 1.54) is 23.1 Å². The molecule has 1 aliphatic heterocycles. The number of Topliss-reactive ketones (excluding diaryl/α,β-unsaturated/α-hetero) is 2. The van der Waals surface area contributed by atoms with E-state index in [1.54, 1.807) is 12.1 Å². The summed E-state index contributed by atoms with van der Waals surface area (Å²) in [6.45, 7) is 16.6. The molecule has 0 bridgehead atoms. The van der Waals surface area contributed by atoms with E-state index in [1.807, 2.05) is 12.1 Å². The molecule has 7 heteroatoms. The highest BCUT2D eigenvalue weighted by atomic mass is 32.2. The summed E-state index contributed by atoms with van der Waals surface area (Å²) in [5.74, 6) is -2.03. The normalized spacial score (nSPS) is 15.7. The molecular weight excluding hydrogens is 681 g/mol. The number of thioether (sulfide) groups is 1. The van der Waals surface area contributed by atoms with Gasteiger partial charge in [-0.05, 0) is 121 Å². The Labute approximate surface area is 314 Å². The summed E-state index contributed by atoms with van der Waals surface area (Å²) < 4.78 is 2.18. The van der Waals surface area contributed by atoms with Crippen LogP contribution in [0, 0.1) is 55.4 Å². The van der Waals surface area contributed by atoms with Crippen LogP contribution in [-0.4, -0.2) is 16.6 Å². The first-order chi connectivity index (χ1) is 24.8. The standard InChI is InChI=1S/C45H40N2O3S2/c1-25-9-13-33(29(5)21-25)46(34-14-10-26(2)22-30(34)6)39-19-17-37(51-39)41-43(48)42(45(50)44(41)49)38-18-20-40(52-38)47(35-15-11-27(3)23-31(35)7)36-16-12-28(4)24-32(36)8/h9-24H,1-8H3. The topological polar surface area (TPSA) is 63.4 Å². The van der Waals surface area contributed by atoms with E-state index in [-0.39, 0.29) is 11.1 Å². The van der Waals surface area contributed by atoms with Gasteiger partial charge in [-0.15, -0.1) is 15.9 Å². The van der Waals surface area contributed by atoms with E-state index < -0.39 is 17.3 Å². The zero-order valence-electron chi connectivity index (χ0n) is 30.7. The Morgan fingerprint density at radius 2 is 1.04 bits per heavy atom. The van der Waals surface area contributed by atoms with Crippen LogP contribution in [0.3, 0.4) is 0 Å². The maximum absolute atomic E-state index is 14.2. The van der Waals surface area contributed by atoms with Crippen molar-refractivity contribution in [2.24, 2.45) is 0 Å². The second kappa shape index (κ2) is 13.7. The number of rotatable bonds is 6. The summed E-state index contributed by atoms with van der Waals surface area (Å²) in [5, 5.41) is 15.9. The Balaban J connectivity index is 1.33. The zero-order valence-corrected chi connectivity index (χ0v) is 32.3. The van der Waals surface area contributed by atoms with Gasteiger partial charge in [-0.25, -0.2) is 0 Å². The van der Waals surface area contributed by atoms with Gasteiger partial charge in [0.05, 0.1) is 0 Å². The molecule has 52 heavy (non-hydrogen) atoms. The van der Waals surface area contributed by atoms with E-state index in [9.17, 15) is 14.7 Å². The Morgan fingerprint density at radius 3 is 1.54 bits per heavy atom. The molecule has 2 aliphatic rings. The second-order valence-corrected chi connectivity index (χ2v) is 16.0. The minimum atomic E-state index is -0.756. The third-order valence-electron chi connectivity index (χ3n) is 9.60. The number of hydrogen-bond acceptors (Lipinski definition) is 6. The maximum Gasteiger partial charge on any atom is 0.251 e. The molecule has 0 saturated heterocycles. The van der Waals surface area contributed by atoms with Crippen LogP contribution < -0.4 is 14.6 Å². The minimum Gasteiger partial charge on any atom is -0.871 e. The van der Waals surface area contributed by atoms with Gasteiger partial charge in [-0.2, -0.15) is 0 Å². The number of hydrogen-bond donors (Lipinski definition) is 0. The molecular formula is C45H40N2O3S2. The fourth-order valence-electron chi connectivity index (χ4n) is 7.13. The highest BCUT2D eigenvalue weighted by Crippen LogP contribution is 2.46. The molecule has 4 aromatic carbocycles. The summed E-state index contributed by atoms with van der Waals surface area (Å²) in [7, 11) is 0. The van der Waals surface area contributed by atoms with Crippen molar-refractivity contribution < 1.29 is 14.7 Å². The predicted octanol–water partition coefficient (Wildman–Crippen LogP) is 10.4. The number of aryl methyl sites for hydroxylation is 8. The summed E-state index contributed by atoms with van der Waals surface area (Å²) in [6.07, 6.45) is 3.73. The SMILES string of the molecule is Cc1ccc(N(c2ccc(C3=C([O-])/C(=C4\C=CC(=[N+](c5ccc(C)cc5C)c5ccc(C)cc5C)S4)C(=O)C3=O)s2)c2ccc(C)cc2C)c(C)c1. The number of ketones is 2. The summed E-state index contributed by atoms with van der Waals surface area (Å²) in [6, 6.07) is 29.1. The molecule has 0 atom stereocenters. The summed E-state index contributed by atoms with van der Waals surface area (Å²) in [4.78, 5) is 30.5. The van der Waals surface area contributed by atoms with Gasteiger partial charge in [0, 0.05) is 61.6 Å². The maximum atomic E-state index is 14.2. The van der Waals surface area contributed by atoms with Gasteiger partial charge in [0.2, 0.25) is 22.9 Å². The van der Waals surface area contributed by atoms with Crippen LogP contribution in [0.4, 0.5) is 27.8 Å². The molecule has 0 radical (unpaired) electrons. The molecule has 0 N–H and O–H groups in total. The molecule has 0 amide bonds. The van der Waals surface area contributed by atoms with Gasteiger partial charge in [0.1, 0.15) is 5.00 Å². The molecule has 0 spiro atoms. The van der Waals surface area contributed by atoms with Gasteiger partial charge in [-0.1, -0.05) is 64.4 Å². The number of benzene rings is 4. The van der Waals surface area contributed by atoms with Crippen molar-refractivity contribution in [3.8, 4) is 0 Å². The van der Waals surface area contributed by atoms with Crippen LogP contribution in [0.5, 0.6) is 0 Å². The fraction of sp³-hybridized carbons (Fsp3) is 0.178. The van der Waals surface area contributed by atoms with E-state index in [4.69, 9.17) is 0 Å². The van der Waals surface area contributed by atoms with Crippen LogP contribution in [0.1, 0.15) is 49.4 Å². The average Bonchev–Trinajstić information content (AvgIpc) is 3.80. The lowest BCUT2D eigenvalue weighted by atomic mass is 10.1. The second-order valence-electron chi connectivity index (χ2n) is 13.8. The number of nitrogens with zero attached hydrogens (tertiary/aromatic N) is 2. The summed E-state index contributed by atoms with van der Waals surface area (Å²) >= 11 is 2.69. The molecule has 0 saturated carbocycles. The van der Waals surface area contributed by atoms with Gasteiger partial charge in [-0.3, -0.25) is 9.59 Å². The highest BCUT2D eigenvalue weighted by molar-refractivity contribution is 8.18. The molecule has 2 heterocycles. The Hall–Kier alpha value is -5.24. The van der Waals surface area contributed by atoms with Gasteiger partial charge >= 0.3 is 0 Å². The van der Waals surface area contributed by atoms with Crippen LogP contribution in [0.2, 0.25) is 0 Å². The van der Waals surface area contributed by atoms with Gasteiger partial charge in [0.25, 0.3) is 5.04 Å². The fourth-order valence-corrected chi connectivity index (χ4v) is 9.28. The number of thiophene rings is 1. The number of carbonyl (C=O) groups excluding carboxylic acids is 2. The monoisotopic (exact) mass is 720 g/mol. The average molecular weight is 721 g/mol. The third kappa shape index (κ3) is 6.29. The first kappa shape index (κ1) is 35.2. The van der Waals surface area contributed by atoms with E-state index in [0.717, 1.165) is 77.3 Å². The van der Waals surface area contributed by atoms with Crippen molar-refractivity contribution in [2.45, 2.75) is 55.4 Å². The van der Waals surface area contributed by atoms with Crippen molar-refractivity contribution >= 4 is 73.0 Å². The van der Waals surface area contributed by atoms with Crippen LogP contribution in [0.25, 0.3) is 5.57 Å². The van der Waals surface area contributed by atoms with Gasteiger partial charge in [0.15, 0.2) is 0 Å². The number of carbonyl (C=O) groups is 2.